The van der Waals surface area contributed by atoms with E-state index < -0.39 is 24.3 Å². The van der Waals surface area contributed by atoms with Crippen molar-refractivity contribution in [1.29, 1.82) is 0 Å². The van der Waals surface area contributed by atoms with Gasteiger partial charge in [-0.1, -0.05) is 30.2 Å². The monoisotopic (exact) mass is 329 g/mol. The van der Waals surface area contributed by atoms with Crippen molar-refractivity contribution in [2.45, 2.75) is 39.7 Å². The fourth-order valence-electron chi connectivity index (χ4n) is 2.69. The maximum Gasteiger partial charge on any atom is 0.413 e. The molecule has 1 atom stereocenters. The number of aryl methyl sites for hydroxylation is 1. The lowest BCUT2D eigenvalue weighted by molar-refractivity contribution is -0.162. The van der Waals surface area contributed by atoms with Crippen molar-refractivity contribution in [2.24, 2.45) is 5.41 Å². The van der Waals surface area contributed by atoms with Gasteiger partial charge in [0.1, 0.15) is 0 Å². The van der Waals surface area contributed by atoms with Crippen LogP contribution >= 0.6 is 0 Å². The van der Waals surface area contributed by atoms with Gasteiger partial charge in [-0.3, -0.25) is 9.69 Å². The third kappa shape index (κ3) is 4.08. The number of fused-ring (bicyclic) bond motifs is 1. The quantitative estimate of drug-likeness (QED) is 0.483. The summed E-state index contributed by atoms with van der Waals surface area (Å²) in [4.78, 5) is 25.6. The molecule has 1 aromatic rings. The van der Waals surface area contributed by atoms with Crippen molar-refractivity contribution in [3.8, 4) is 12.3 Å². The van der Waals surface area contributed by atoms with Crippen LogP contribution in [0.5, 0.6) is 0 Å². The lowest BCUT2D eigenvalue weighted by atomic mass is 9.98. The van der Waals surface area contributed by atoms with Crippen molar-refractivity contribution in [3.05, 3.63) is 35.4 Å². The molecule has 1 aliphatic rings. The van der Waals surface area contributed by atoms with E-state index in [1.54, 1.807) is 20.8 Å². The fourth-order valence-corrected chi connectivity index (χ4v) is 2.69. The third-order valence-corrected chi connectivity index (χ3v) is 3.96. The Balaban J connectivity index is 2.00. The molecule has 0 radical (unpaired) electrons. The largest absolute Gasteiger partial charge is 0.427 e. The molecular weight excluding hydrogens is 306 g/mol. The molecule has 1 aliphatic carbocycles. The molecule has 0 spiro atoms. The number of benzene rings is 1. The smallest absolute Gasteiger partial charge is 0.413 e. The molecule has 1 aromatic carbocycles. The first-order valence-corrected chi connectivity index (χ1v) is 7.96. The Bertz CT molecular complexity index is 654. The number of nitrogens with zero attached hydrogens (tertiary/aromatic N) is 1. The molecule has 0 aliphatic heterocycles. The van der Waals surface area contributed by atoms with E-state index in [0.717, 1.165) is 18.4 Å². The van der Waals surface area contributed by atoms with E-state index in [-0.39, 0.29) is 12.6 Å². The zero-order valence-electron chi connectivity index (χ0n) is 14.4. The van der Waals surface area contributed by atoms with E-state index in [9.17, 15) is 9.59 Å². The second kappa shape index (κ2) is 7.39. The van der Waals surface area contributed by atoms with Gasteiger partial charge in [0, 0.05) is 0 Å². The highest BCUT2D eigenvalue weighted by Crippen LogP contribution is 2.35. The number of ether oxygens (including phenoxy) is 2. The molecular formula is C19H23NO4. The summed E-state index contributed by atoms with van der Waals surface area (Å²) in [7, 11) is 0. The lowest BCUT2D eigenvalue weighted by Crippen LogP contribution is -2.36. The maximum absolute atomic E-state index is 12.4. The van der Waals surface area contributed by atoms with Crippen LogP contribution in [0.2, 0.25) is 0 Å². The Morgan fingerprint density at radius 3 is 2.67 bits per heavy atom. The van der Waals surface area contributed by atoms with Gasteiger partial charge in [-0.25, -0.2) is 4.79 Å². The highest BCUT2D eigenvalue weighted by atomic mass is 16.7. The van der Waals surface area contributed by atoms with Gasteiger partial charge in [-0.2, -0.15) is 0 Å². The van der Waals surface area contributed by atoms with Crippen LogP contribution in [0.4, 0.5) is 4.79 Å². The minimum atomic E-state index is -0.644. The summed E-state index contributed by atoms with van der Waals surface area (Å²) in [5, 5.41) is 0. The van der Waals surface area contributed by atoms with Crippen LogP contribution in [-0.4, -0.2) is 30.3 Å². The predicted molar refractivity (Wildman–Crippen MR) is 89.9 cm³/mol. The maximum atomic E-state index is 12.4. The minimum Gasteiger partial charge on any atom is -0.427 e. The molecule has 0 unspecified atom stereocenters. The van der Waals surface area contributed by atoms with Gasteiger partial charge in [0.05, 0.1) is 18.0 Å². The molecule has 0 N–H and O–H groups in total. The first kappa shape index (κ1) is 17.9. The van der Waals surface area contributed by atoms with Crippen LogP contribution in [0.1, 0.15) is 44.4 Å². The second-order valence-corrected chi connectivity index (χ2v) is 6.80. The number of hydrogen-bond acceptors (Lipinski definition) is 4. The van der Waals surface area contributed by atoms with E-state index >= 15 is 0 Å². The average molecular weight is 329 g/mol. The van der Waals surface area contributed by atoms with Crippen molar-refractivity contribution in [1.82, 2.24) is 4.90 Å². The van der Waals surface area contributed by atoms with Crippen molar-refractivity contribution in [3.63, 3.8) is 0 Å². The first-order chi connectivity index (χ1) is 11.3. The highest BCUT2D eigenvalue weighted by molar-refractivity contribution is 5.75. The minimum absolute atomic E-state index is 0.108. The van der Waals surface area contributed by atoms with E-state index in [4.69, 9.17) is 15.9 Å². The Morgan fingerprint density at radius 2 is 2.00 bits per heavy atom. The Hall–Kier alpha value is -2.48. The summed E-state index contributed by atoms with van der Waals surface area (Å²) in [6.45, 7) is 4.93. The molecule has 0 aromatic heterocycles. The molecule has 0 bridgehead atoms. The van der Waals surface area contributed by atoms with Crippen molar-refractivity contribution < 1.29 is 19.1 Å². The van der Waals surface area contributed by atoms with Crippen molar-refractivity contribution >= 4 is 12.1 Å². The van der Waals surface area contributed by atoms with Gasteiger partial charge in [0.25, 0.3) is 0 Å². The Kier molecular flexibility index (Phi) is 5.50. The normalized spacial score (nSPS) is 16.0. The zero-order chi connectivity index (χ0) is 17.7. The van der Waals surface area contributed by atoms with Gasteiger partial charge < -0.3 is 9.47 Å². The number of carbonyl (C=O) groups excluding carboxylic acids is 2. The lowest BCUT2D eigenvalue weighted by Gasteiger charge is -2.27. The summed E-state index contributed by atoms with van der Waals surface area (Å²) < 4.78 is 10.1. The van der Waals surface area contributed by atoms with Gasteiger partial charge in [0.2, 0.25) is 6.79 Å². The topological polar surface area (TPSA) is 55.8 Å². The summed E-state index contributed by atoms with van der Waals surface area (Å²) in [5.74, 6) is 2.07. The Labute approximate surface area is 142 Å². The molecule has 5 nitrogen and oxygen atoms in total. The first-order valence-electron chi connectivity index (χ1n) is 7.96. The number of esters is 1. The van der Waals surface area contributed by atoms with E-state index in [0.29, 0.717) is 0 Å². The van der Waals surface area contributed by atoms with E-state index in [1.807, 2.05) is 18.2 Å². The molecule has 2 rings (SSSR count). The molecule has 0 fully saturated rings. The highest BCUT2D eigenvalue weighted by Gasteiger charge is 2.31. The fraction of sp³-hybridized carbons (Fsp3) is 0.474. The van der Waals surface area contributed by atoms with Crippen LogP contribution < -0.4 is 0 Å². The van der Waals surface area contributed by atoms with Crippen LogP contribution in [0, 0.1) is 17.8 Å². The molecule has 128 valence electrons. The number of hydrogen-bond donors (Lipinski definition) is 0. The van der Waals surface area contributed by atoms with Crippen molar-refractivity contribution in [2.75, 3.05) is 13.3 Å². The zero-order valence-corrected chi connectivity index (χ0v) is 14.4. The van der Waals surface area contributed by atoms with E-state index in [2.05, 4.69) is 12.0 Å². The van der Waals surface area contributed by atoms with E-state index in [1.165, 1.54) is 10.5 Å². The summed E-state index contributed by atoms with van der Waals surface area (Å²) in [5.41, 5.74) is 1.67. The summed E-state index contributed by atoms with van der Waals surface area (Å²) in [6, 6.07) is 7.88. The molecule has 0 heterocycles. The van der Waals surface area contributed by atoms with Crippen LogP contribution in [0.3, 0.4) is 0 Å². The van der Waals surface area contributed by atoms with Gasteiger partial charge in [-0.05, 0) is 44.7 Å². The average Bonchev–Trinajstić information content (AvgIpc) is 2.95. The SMILES string of the molecule is C#CCN(C(=O)OCOC(=O)C(C)(C)C)[C@@H]1CCc2ccccc21. The van der Waals surface area contributed by atoms with Gasteiger partial charge in [0.15, 0.2) is 0 Å². The summed E-state index contributed by atoms with van der Waals surface area (Å²) in [6.07, 6.45) is 6.53. The Morgan fingerprint density at radius 1 is 1.29 bits per heavy atom. The number of carbonyl (C=O) groups is 2. The van der Waals surface area contributed by atoms with Crippen LogP contribution in [0.25, 0.3) is 0 Å². The molecule has 0 saturated carbocycles. The predicted octanol–water partition coefficient (Wildman–Crippen LogP) is 3.29. The molecule has 1 amide bonds. The van der Waals surface area contributed by atoms with Gasteiger partial charge in [-0.15, -0.1) is 6.42 Å². The number of terminal acetylenes is 1. The standard InChI is InChI=1S/C19H23NO4/c1-5-12-20(16-11-10-14-8-6-7-9-15(14)16)18(22)24-13-23-17(21)19(2,3)4/h1,6-9,16H,10-13H2,2-4H3/t16-/m1/s1. The summed E-state index contributed by atoms with van der Waals surface area (Å²) >= 11 is 0. The molecule has 24 heavy (non-hydrogen) atoms. The molecule has 5 heteroatoms. The van der Waals surface area contributed by atoms with Crippen LogP contribution in [-0.2, 0) is 20.7 Å². The van der Waals surface area contributed by atoms with Crippen LogP contribution in [0.15, 0.2) is 24.3 Å². The molecule has 0 saturated heterocycles. The number of amides is 1. The van der Waals surface area contributed by atoms with Gasteiger partial charge >= 0.3 is 12.1 Å². The third-order valence-electron chi connectivity index (χ3n) is 3.96. The second-order valence-electron chi connectivity index (χ2n) is 6.80. The number of rotatable bonds is 4.